The highest BCUT2D eigenvalue weighted by Crippen LogP contribution is 2.34. The molecule has 0 fully saturated rings. The molecule has 2 rings (SSSR count). The van der Waals surface area contributed by atoms with E-state index in [0.29, 0.717) is 10.5 Å². The molecule has 0 atom stereocenters. The number of aromatic nitrogens is 1. The van der Waals surface area contributed by atoms with E-state index in [1.165, 1.54) is 18.5 Å². The maximum atomic E-state index is 11.9. The second-order valence-electron chi connectivity index (χ2n) is 5.17. The van der Waals surface area contributed by atoms with Crippen molar-refractivity contribution in [2.75, 3.05) is 6.26 Å². The summed E-state index contributed by atoms with van der Waals surface area (Å²) in [4.78, 5) is 11.9. The van der Waals surface area contributed by atoms with E-state index in [9.17, 15) is 4.79 Å². The van der Waals surface area contributed by atoms with Crippen molar-refractivity contribution in [3.63, 3.8) is 0 Å². The van der Waals surface area contributed by atoms with Crippen molar-refractivity contribution in [2.45, 2.75) is 57.2 Å². The molecule has 0 aromatic carbocycles. The molecule has 1 aromatic rings. The zero-order chi connectivity index (χ0) is 13.2. The van der Waals surface area contributed by atoms with Crippen LogP contribution in [-0.4, -0.2) is 21.4 Å². The van der Waals surface area contributed by atoms with Crippen LogP contribution in [-0.2, 0) is 13.0 Å². The molecule has 0 spiro atoms. The van der Waals surface area contributed by atoms with Crippen LogP contribution in [0.2, 0.25) is 0 Å². The molecule has 0 saturated heterocycles. The Morgan fingerprint density at radius 1 is 1.33 bits per heavy atom. The Balaban J connectivity index is 2.27. The first-order valence-corrected chi connectivity index (χ1v) is 8.14. The van der Waals surface area contributed by atoms with Crippen LogP contribution in [0.25, 0.3) is 0 Å². The molecule has 3 heteroatoms. The van der Waals surface area contributed by atoms with Gasteiger partial charge in [-0.3, -0.25) is 4.79 Å². The van der Waals surface area contributed by atoms with E-state index in [-0.39, 0.29) is 0 Å². The average Bonchev–Trinajstić information content (AvgIpc) is 2.81. The summed E-state index contributed by atoms with van der Waals surface area (Å²) in [6.07, 6.45) is 9.47. The van der Waals surface area contributed by atoms with Crippen molar-refractivity contribution in [2.24, 2.45) is 0 Å². The number of nitrogens with zero attached hydrogens (tertiary/aromatic N) is 1. The van der Waals surface area contributed by atoms with Crippen molar-refractivity contribution in [3.8, 4) is 0 Å². The lowest BCUT2D eigenvalue weighted by Crippen LogP contribution is -2.30. The van der Waals surface area contributed by atoms with Gasteiger partial charge in [0.1, 0.15) is 0 Å². The Kier molecular flexibility index (Phi) is 4.21. The lowest BCUT2D eigenvalue weighted by Gasteiger charge is -2.31. The number of ketones is 1. The maximum Gasteiger partial charge on any atom is 0.164 e. The highest BCUT2D eigenvalue weighted by molar-refractivity contribution is 8.00. The van der Waals surface area contributed by atoms with Crippen molar-refractivity contribution >= 4 is 17.5 Å². The van der Waals surface area contributed by atoms with Crippen molar-refractivity contribution in [1.82, 2.24) is 4.57 Å². The summed E-state index contributed by atoms with van der Waals surface area (Å²) in [6.45, 7) is 5.56. The number of fused-ring (bicyclic) bond motifs is 1. The summed E-state index contributed by atoms with van der Waals surface area (Å²) in [5.41, 5.74) is 2.25. The summed E-state index contributed by atoms with van der Waals surface area (Å²) in [6, 6.07) is 2.02. The van der Waals surface area contributed by atoms with Gasteiger partial charge in [0.05, 0.1) is 0 Å². The van der Waals surface area contributed by atoms with E-state index in [0.717, 1.165) is 31.4 Å². The quantitative estimate of drug-likeness (QED) is 0.804. The van der Waals surface area contributed by atoms with Crippen molar-refractivity contribution in [3.05, 3.63) is 23.5 Å². The van der Waals surface area contributed by atoms with Gasteiger partial charge in [0, 0.05) is 35.2 Å². The van der Waals surface area contributed by atoms with Crippen LogP contribution >= 0.6 is 11.8 Å². The monoisotopic (exact) mass is 265 g/mol. The molecule has 1 aliphatic carbocycles. The molecule has 18 heavy (non-hydrogen) atoms. The zero-order valence-electron chi connectivity index (χ0n) is 11.7. The van der Waals surface area contributed by atoms with Gasteiger partial charge in [-0.1, -0.05) is 13.8 Å². The second kappa shape index (κ2) is 5.52. The molecule has 1 heterocycles. The number of carbonyl (C=O) groups excluding carboxylic acids is 1. The van der Waals surface area contributed by atoms with Crippen LogP contribution in [0.1, 0.15) is 55.6 Å². The van der Waals surface area contributed by atoms with Gasteiger partial charge >= 0.3 is 0 Å². The number of carbonyl (C=O) groups is 1. The van der Waals surface area contributed by atoms with Crippen LogP contribution in [0.5, 0.6) is 0 Å². The van der Waals surface area contributed by atoms with E-state index in [1.807, 2.05) is 17.8 Å². The summed E-state index contributed by atoms with van der Waals surface area (Å²) in [7, 11) is 0. The molecule has 1 aromatic heterocycles. The summed E-state index contributed by atoms with van der Waals surface area (Å²) in [5, 5.41) is 0. The fourth-order valence-corrected chi connectivity index (χ4v) is 3.72. The van der Waals surface area contributed by atoms with Gasteiger partial charge in [0.15, 0.2) is 5.78 Å². The number of hydrogen-bond donors (Lipinski definition) is 0. The fourth-order valence-electron chi connectivity index (χ4n) is 2.87. The van der Waals surface area contributed by atoms with Gasteiger partial charge in [-0.15, -0.1) is 0 Å². The molecule has 0 N–H and O–H groups in total. The van der Waals surface area contributed by atoms with Crippen LogP contribution in [0, 0.1) is 0 Å². The normalized spacial score (nSPS) is 15.8. The zero-order valence-corrected chi connectivity index (χ0v) is 12.5. The first-order valence-electron chi connectivity index (χ1n) is 6.92. The topological polar surface area (TPSA) is 22.0 Å². The maximum absolute atomic E-state index is 11.9. The molecule has 0 saturated carbocycles. The van der Waals surface area contributed by atoms with E-state index in [4.69, 9.17) is 0 Å². The third-order valence-electron chi connectivity index (χ3n) is 4.38. The molecule has 0 amide bonds. The minimum Gasteiger partial charge on any atom is -0.349 e. The summed E-state index contributed by atoms with van der Waals surface area (Å²) >= 11 is 1.96. The third kappa shape index (κ3) is 2.37. The summed E-state index contributed by atoms with van der Waals surface area (Å²) < 4.78 is 2.64. The number of Topliss-reactive ketones (excluding diaryl/α,β-unsaturated/α-hetero) is 1. The molecule has 100 valence electrons. The van der Waals surface area contributed by atoms with Crippen LogP contribution < -0.4 is 0 Å². The molecular formula is C15H23NOS. The van der Waals surface area contributed by atoms with E-state index in [1.54, 1.807) is 0 Å². The number of thioether (sulfide) groups is 1. The van der Waals surface area contributed by atoms with Crippen LogP contribution in [0.4, 0.5) is 0 Å². The van der Waals surface area contributed by atoms with Crippen LogP contribution in [0.3, 0.4) is 0 Å². The predicted molar refractivity (Wildman–Crippen MR) is 78.5 cm³/mol. The molecule has 2 nitrogen and oxygen atoms in total. The molecule has 0 radical (unpaired) electrons. The highest BCUT2D eigenvalue weighted by atomic mass is 32.2. The molecule has 0 aliphatic heterocycles. The average molecular weight is 265 g/mol. The minimum atomic E-state index is 0.313. The highest BCUT2D eigenvalue weighted by Gasteiger charge is 2.28. The Morgan fingerprint density at radius 3 is 2.67 bits per heavy atom. The first kappa shape index (κ1) is 13.7. The smallest absolute Gasteiger partial charge is 0.164 e. The van der Waals surface area contributed by atoms with E-state index >= 15 is 0 Å². The number of hydrogen-bond acceptors (Lipinski definition) is 2. The molecule has 0 unspecified atom stereocenters. The van der Waals surface area contributed by atoms with Gasteiger partial charge in [-0.2, -0.15) is 11.8 Å². The van der Waals surface area contributed by atoms with Crippen LogP contribution in [0.15, 0.2) is 12.3 Å². The van der Waals surface area contributed by atoms with Gasteiger partial charge < -0.3 is 4.57 Å². The van der Waals surface area contributed by atoms with Gasteiger partial charge in [-0.25, -0.2) is 0 Å². The van der Waals surface area contributed by atoms with Gasteiger partial charge in [0.25, 0.3) is 0 Å². The Morgan fingerprint density at radius 2 is 2.06 bits per heavy atom. The third-order valence-corrected chi connectivity index (χ3v) is 5.95. The van der Waals surface area contributed by atoms with E-state index < -0.39 is 0 Å². The number of rotatable bonds is 5. The minimum absolute atomic E-state index is 0.313. The van der Waals surface area contributed by atoms with Gasteiger partial charge in [-0.05, 0) is 38.0 Å². The molecule has 1 aliphatic rings. The standard InChI is InChI=1S/C15H23NOS/c1-4-15(5-2,18-3)11-16-10-9-12-13(16)7-6-8-14(12)17/h9-10H,4-8,11H2,1-3H3. The predicted octanol–water partition coefficient (Wildman–Crippen LogP) is 3.93. The van der Waals surface area contributed by atoms with Crippen molar-refractivity contribution < 1.29 is 4.79 Å². The van der Waals surface area contributed by atoms with Gasteiger partial charge in [0.2, 0.25) is 0 Å². The van der Waals surface area contributed by atoms with E-state index in [2.05, 4.69) is 30.9 Å². The lowest BCUT2D eigenvalue weighted by molar-refractivity contribution is 0.0971. The molecular weight excluding hydrogens is 242 g/mol. The first-order chi connectivity index (χ1) is 8.65. The second-order valence-corrected chi connectivity index (χ2v) is 6.45. The largest absolute Gasteiger partial charge is 0.349 e. The fraction of sp³-hybridized carbons (Fsp3) is 0.667. The SMILES string of the molecule is CCC(CC)(Cn1ccc2c1CCCC2=O)SC. The lowest BCUT2D eigenvalue weighted by atomic mass is 9.96. The summed E-state index contributed by atoms with van der Waals surface area (Å²) in [5.74, 6) is 0.331. The Hall–Kier alpha value is -0.700. The Labute approximate surface area is 114 Å². The Bertz CT molecular complexity index is 423. The molecule has 0 bridgehead atoms. The van der Waals surface area contributed by atoms with Crippen molar-refractivity contribution in [1.29, 1.82) is 0 Å².